The number of rotatable bonds is 4. The molecular formula is C13H17N3O. The van der Waals surface area contributed by atoms with Crippen molar-refractivity contribution >= 4 is 5.91 Å². The van der Waals surface area contributed by atoms with Gasteiger partial charge < -0.3 is 5.32 Å². The van der Waals surface area contributed by atoms with E-state index >= 15 is 0 Å². The number of carbonyl (C=O) groups is 1. The second kappa shape index (κ2) is 6.00. The average Bonchev–Trinajstić information content (AvgIpc) is 2.28. The van der Waals surface area contributed by atoms with Gasteiger partial charge in [0.05, 0.1) is 6.07 Å². The maximum Gasteiger partial charge on any atom is 0.237 e. The number of pyridine rings is 1. The number of aromatic nitrogens is 1. The van der Waals surface area contributed by atoms with Crippen LogP contribution in [0.5, 0.6) is 0 Å². The van der Waals surface area contributed by atoms with Gasteiger partial charge in [0.2, 0.25) is 5.91 Å². The lowest BCUT2D eigenvalue weighted by molar-refractivity contribution is -0.124. The largest absolute Gasteiger partial charge is 0.351 e. The maximum absolute atomic E-state index is 11.7. The Labute approximate surface area is 102 Å². The molecule has 0 saturated carbocycles. The third-order valence-corrected chi connectivity index (χ3v) is 2.53. The van der Waals surface area contributed by atoms with Crippen LogP contribution in [-0.4, -0.2) is 10.9 Å². The first-order valence-electron chi connectivity index (χ1n) is 5.63. The van der Waals surface area contributed by atoms with E-state index in [2.05, 4.69) is 10.3 Å². The molecule has 0 spiro atoms. The molecule has 0 aliphatic rings. The summed E-state index contributed by atoms with van der Waals surface area (Å²) in [4.78, 5) is 15.8. The van der Waals surface area contributed by atoms with Gasteiger partial charge in [-0.15, -0.1) is 0 Å². The lowest BCUT2D eigenvalue weighted by Crippen LogP contribution is -2.32. The van der Waals surface area contributed by atoms with Crippen LogP contribution in [0.15, 0.2) is 18.3 Å². The molecule has 0 bridgehead atoms. The maximum atomic E-state index is 11.7. The van der Waals surface area contributed by atoms with Crippen LogP contribution in [0.25, 0.3) is 0 Å². The summed E-state index contributed by atoms with van der Waals surface area (Å²) in [6.45, 7) is 6.05. The quantitative estimate of drug-likeness (QED) is 0.859. The van der Waals surface area contributed by atoms with Crippen LogP contribution in [0.2, 0.25) is 0 Å². The zero-order chi connectivity index (χ0) is 12.8. The first-order valence-corrected chi connectivity index (χ1v) is 5.63. The molecule has 0 aliphatic heterocycles. The summed E-state index contributed by atoms with van der Waals surface area (Å²) in [6, 6.07) is 5.83. The molecule has 0 saturated heterocycles. The highest BCUT2D eigenvalue weighted by Gasteiger charge is 2.20. The van der Waals surface area contributed by atoms with Gasteiger partial charge >= 0.3 is 0 Å². The van der Waals surface area contributed by atoms with Crippen molar-refractivity contribution in [1.82, 2.24) is 10.3 Å². The number of nitrogens with zero attached hydrogens (tertiary/aromatic N) is 2. The monoisotopic (exact) mass is 231 g/mol. The molecule has 1 rings (SSSR count). The summed E-state index contributed by atoms with van der Waals surface area (Å²) in [7, 11) is 0. The Morgan fingerprint density at radius 3 is 2.71 bits per heavy atom. The number of hydrogen-bond donors (Lipinski definition) is 1. The molecule has 1 heterocycles. The highest BCUT2D eigenvalue weighted by atomic mass is 16.1. The van der Waals surface area contributed by atoms with Gasteiger partial charge in [0.25, 0.3) is 0 Å². The highest BCUT2D eigenvalue weighted by Crippen LogP contribution is 2.09. The van der Waals surface area contributed by atoms with Crippen LogP contribution in [0.4, 0.5) is 0 Å². The number of nitriles is 1. The van der Waals surface area contributed by atoms with Crippen LogP contribution < -0.4 is 5.32 Å². The van der Waals surface area contributed by atoms with Crippen LogP contribution >= 0.6 is 0 Å². The number of amides is 1. The molecule has 4 heteroatoms. The van der Waals surface area contributed by atoms with Crippen molar-refractivity contribution in [2.75, 3.05) is 0 Å². The first kappa shape index (κ1) is 13.2. The number of aryl methyl sites for hydroxylation is 1. The molecule has 1 N–H and O–H groups in total. The smallest absolute Gasteiger partial charge is 0.237 e. The summed E-state index contributed by atoms with van der Waals surface area (Å²) in [5.41, 5.74) is 1.88. The fourth-order valence-electron chi connectivity index (χ4n) is 1.41. The third kappa shape index (κ3) is 3.87. The van der Waals surface area contributed by atoms with Crippen molar-refractivity contribution in [1.29, 1.82) is 5.26 Å². The van der Waals surface area contributed by atoms with E-state index in [-0.39, 0.29) is 11.8 Å². The van der Waals surface area contributed by atoms with E-state index in [1.54, 1.807) is 6.20 Å². The molecule has 17 heavy (non-hydrogen) atoms. The molecule has 0 aromatic carbocycles. The Morgan fingerprint density at radius 2 is 2.24 bits per heavy atom. The topological polar surface area (TPSA) is 65.8 Å². The number of nitrogens with one attached hydrogen (secondary N) is 1. The minimum Gasteiger partial charge on any atom is -0.351 e. The normalized spacial score (nSPS) is 11.9. The van der Waals surface area contributed by atoms with Crippen LogP contribution in [0, 0.1) is 30.1 Å². The van der Waals surface area contributed by atoms with E-state index in [1.807, 2.05) is 39.0 Å². The van der Waals surface area contributed by atoms with Crippen LogP contribution in [-0.2, 0) is 11.3 Å². The molecule has 0 aliphatic carbocycles. The van der Waals surface area contributed by atoms with Gasteiger partial charge in [-0.25, -0.2) is 0 Å². The van der Waals surface area contributed by atoms with E-state index in [0.29, 0.717) is 6.54 Å². The van der Waals surface area contributed by atoms with Crippen molar-refractivity contribution in [2.45, 2.75) is 27.3 Å². The SMILES string of the molecule is Cc1ccc(CNC(=O)C(C#N)C(C)C)cn1. The lowest BCUT2D eigenvalue weighted by Gasteiger charge is -2.12. The standard InChI is InChI=1S/C13H17N3O/c1-9(2)12(6-14)13(17)16-8-11-5-4-10(3)15-7-11/h4-5,7,9,12H,8H2,1-3H3,(H,16,17). The van der Waals surface area contributed by atoms with Crippen molar-refractivity contribution in [3.8, 4) is 6.07 Å². The Hall–Kier alpha value is -1.89. The summed E-state index contributed by atoms with van der Waals surface area (Å²) < 4.78 is 0. The molecular weight excluding hydrogens is 214 g/mol. The summed E-state index contributed by atoms with van der Waals surface area (Å²) in [5.74, 6) is -0.785. The first-order chi connectivity index (χ1) is 8.04. The minimum absolute atomic E-state index is 0.0242. The van der Waals surface area contributed by atoms with Crippen LogP contribution in [0.3, 0.4) is 0 Å². The molecule has 4 nitrogen and oxygen atoms in total. The predicted octanol–water partition coefficient (Wildman–Crippen LogP) is 1.80. The number of hydrogen-bond acceptors (Lipinski definition) is 3. The van der Waals surface area contributed by atoms with Gasteiger partial charge in [0.1, 0.15) is 5.92 Å². The molecule has 0 fully saturated rings. The van der Waals surface area contributed by atoms with Gasteiger partial charge in [0.15, 0.2) is 0 Å². The predicted molar refractivity (Wildman–Crippen MR) is 64.8 cm³/mol. The highest BCUT2D eigenvalue weighted by molar-refractivity contribution is 5.81. The molecule has 1 unspecified atom stereocenters. The summed E-state index contributed by atoms with van der Waals surface area (Å²) in [5, 5.41) is 11.6. The van der Waals surface area contributed by atoms with Gasteiger partial charge in [-0.05, 0) is 24.5 Å². The zero-order valence-electron chi connectivity index (χ0n) is 10.4. The van der Waals surface area contributed by atoms with Gasteiger partial charge in [-0.1, -0.05) is 19.9 Å². The fraction of sp³-hybridized carbons (Fsp3) is 0.462. The Morgan fingerprint density at radius 1 is 1.53 bits per heavy atom. The molecule has 1 aromatic rings. The van der Waals surface area contributed by atoms with E-state index < -0.39 is 5.92 Å². The lowest BCUT2D eigenvalue weighted by atomic mass is 9.96. The summed E-state index contributed by atoms with van der Waals surface area (Å²) >= 11 is 0. The second-order valence-corrected chi connectivity index (χ2v) is 4.38. The molecule has 1 atom stereocenters. The zero-order valence-corrected chi connectivity index (χ0v) is 10.4. The van der Waals surface area contributed by atoms with Crippen molar-refractivity contribution in [3.63, 3.8) is 0 Å². The summed E-state index contributed by atoms with van der Waals surface area (Å²) in [6.07, 6.45) is 1.73. The van der Waals surface area contributed by atoms with E-state index in [4.69, 9.17) is 5.26 Å². The molecule has 1 aromatic heterocycles. The Bertz CT molecular complexity index is 417. The third-order valence-electron chi connectivity index (χ3n) is 2.53. The molecule has 0 radical (unpaired) electrons. The van der Waals surface area contributed by atoms with E-state index in [9.17, 15) is 4.79 Å². The van der Waals surface area contributed by atoms with Gasteiger partial charge in [-0.3, -0.25) is 9.78 Å². The van der Waals surface area contributed by atoms with Crippen molar-refractivity contribution in [2.24, 2.45) is 11.8 Å². The molecule has 1 amide bonds. The molecule has 90 valence electrons. The number of carbonyl (C=O) groups excluding carboxylic acids is 1. The fourth-order valence-corrected chi connectivity index (χ4v) is 1.41. The average molecular weight is 231 g/mol. The minimum atomic E-state index is -0.589. The van der Waals surface area contributed by atoms with E-state index in [0.717, 1.165) is 11.3 Å². The van der Waals surface area contributed by atoms with Crippen molar-refractivity contribution in [3.05, 3.63) is 29.6 Å². The van der Waals surface area contributed by atoms with Crippen molar-refractivity contribution < 1.29 is 4.79 Å². The Balaban J connectivity index is 2.54. The Kier molecular flexibility index (Phi) is 4.65. The van der Waals surface area contributed by atoms with Crippen LogP contribution in [0.1, 0.15) is 25.1 Å². The van der Waals surface area contributed by atoms with Gasteiger partial charge in [0, 0.05) is 18.4 Å². The van der Waals surface area contributed by atoms with Gasteiger partial charge in [-0.2, -0.15) is 5.26 Å². The van der Waals surface area contributed by atoms with E-state index in [1.165, 1.54) is 0 Å². The second-order valence-electron chi connectivity index (χ2n) is 4.38.